The second kappa shape index (κ2) is 4.95. The largest absolute Gasteiger partial charge is 0.376 e. The number of hydrogen-bond donors (Lipinski definition) is 1. The molecule has 0 aliphatic rings. The second-order valence-electron chi connectivity index (χ2n) is 4.35. The first kappa shape index (κ1) is 11.6. The summed E-state index contributed by atoms with van der Waals surface area (Å²) in [7, 11) is 0. The van der Waals surface area contributed by atoms with Crippen LogP contribution >= 0.6 is 0 Å². The van der Waals surface area contributed by atoms with Gasteiger partial charge in [-0.2, -0.15) is 0 Å². The number of nitrogens with one attached hydrogen (secondary N) is 1. The van der Waals surface area contributed by atoms with E-state index in [1.54, 1.807) is 12.4 Å². The fourth-order valence-corrected chi connectivity index (χ4v) is 1.93. The molecule has 1 aromatic carbocycles. The van der Waals surface area contributed by atoms with Gasteiger partial charge in [0.1, 0.15) is 6.33 Å². The minimum absolute atomic E-state index is 0.251. The molecular formula is C14H17N3. The van der Waals surface area contributed by atoms with Gasteiger partial charge in [0.15, 0.2) is 0 Å². The molecule has 2 rings (SSSR count). The van der Waals surface area contributed by atoms with Crippen LogP contribution in [0, 0.1) is 13.8 Å². The van der Waals surface area contributed by atoms with Crippen molar-refractivity contribution in [1.29, 1.82) is 0 Å². The first-order valence-electron chi connectivity index (χ1n) is 5.75. The van der Waals surface area contributed by atoms with Crippen LogP contribution < -0.4 is 5.32 Å². The van der Waals surface area contributed by atoms with Crippen LogP contribution in [0.4, 0.5) is 5.69 Å². The van der Waals surface area contributed by atoms with Gasteiger partial charge in [0.2, 0.25) is 0 Å². The molecule has 0 fully saturated rings. The van der Waals surface area contributed by atoms with Crippen molar-refractivity contribution in [3.63, 3.8) is 0 Å². The average molecular weight is 227 g/mol. The zero-order valence-corrected chi connectivity index (χ0v) is 10.4. The van der Waals surface area contributed by atoms with E-state index in [2.05, 4.69) is 54.3 Å². The molecule has 1 N–H and O–H groups in total. The summed E-state index contributed by atoms with van der Waals surface area (Å²) in [6.45, 7) is 6.39. The Kier molecular flexibility index (Phi) is 3.38. The van der Waals surface area contributed by atoms with Crippen LogP contribution in [0.2, 0.25) is 0 Å². The summed E-state index contributed by atoms with van der Waals surface area (Å²) in [6.07, 6.45) is 5.11. The quantitative estimate of drug-likeness (QED) is 0.874. The minimum Gasteiger partial charge on any atom is -0.376 e. The van der Waals surface area contributed by atoms with E-state index in [-0.39, 0.29) is 6.04 Å². The Hall–Kier alpha value is -1.90. The number of aryl methyl sites for hydroxylation is 2. The van der Waals surface area contributed by atoms with Crippen LogP contribution in [0.1, 0.15) is 29.7 Å². The smallest absolute Gasteiger partial charge is 0.115 e. The SMILES string of the molecule is Cc1ccc(C)c(C(C)Nc2cncnc2)c1. The van der Waals surface area contributed by atoms with Crippen molar-refractivity contribution in [3.05, 3.63) is 53.6 Å². The highest BCUT2D eigenvalue weighted by atomic mass is 15.0. The van der Waals surface area contributed by atoms with E-state index in [1.807, 2.05) is 0 Å². The molecule has 0 amide bonds. The van der Waals surface area contributed by atoms with Crippen molar-refractivity contribution < 1.29 is 0 Å². The maximum absolute atomic E-state index is 4.00. The van der Waals surface area contributed by atoms with Crippen molar-refractivity contribution in [1.82, 2.24) is 9.97 Å². The third-order valence-electron chi connectivity index (χ3n) is 2.84. The van der Waals surface area contributed by atoms with Gasteiger partial charge in [0.25, 0.3) is 0 Å². The van der Waals surface area contributed by atoms with Crippen molar-refractivity contribution in [2.45, 2.75) is 26.8 Å². The number of aromatic nitrogens is 2. The van der Waals surface area contributed by atoms with Gasteiger partial charge in [-0.3, -0.25) is 0 Å². The van der Waals surface area contributed by atoms with E-state index in [9.17, 15) is 0 Å². The fourth-order valence-electron chi connectivity index (χ4n) is 1.93. The highest BCUT2D eigenvalue weighted by Gasteiger charge is 2.08. The lowest BCUT2D eigenvalue weighted by atomic mass is 10.00. The standard InChI is InChI=1S/C14H17N3/c1-10-4-5-11(2)14(6-10)12(3)17-13-7-15-9-16-8-13/h4-9,12,17H,1-3H3. The second-order valence-corrected chi connectivity index (χ2v) is 4.35. The van der Waals surface area contributed by atoms with Gasteiger partial charge in [-0.25, -0.2) is 9.97 Å². The summed E-state index contributed by atoms with van der Waals surface area (Å²) in [5.41, 5.74) is 4.84. The molecule has 3 nitrogen and oxygen atoms in total. The van der Waals surface area contributed by atoms with Gasteiger partial charge in [0, 0.05) is 6.04 Å². The first-order valence-corrected chi connectivity index (χ1v) is 5.75. The number of rotatable bonds is 3. The van der Waals surface area contributed by atoms with Crippen LogP contribution in [0.25, 0.3) is 0 Å². The molecule has 0 aliphatic carbocycles. The molecular weight excluding hydrogens is 210 g/mol. The molecule has 17 heavy (non-hydrogen) atoms. The Morgan fingerprint density at radius 1 is 1.12 bits per heavy atom. The third kappa shape index (κ3) is 2.81. The van der Waals surface area contributed by atoms with Crippen molar-refractivity contribution in [2.24, 2.45) is 0 Å². The van der Waals surface area contributed by atoms with E-state index in [4.69, 9.17) is 0 Å². The molecule has 88 valence electrons. The monoisotopic (exact) mass is 227 g/mol. The third-order valence-corrected chi connectivity index (χ3v) is 2.84. The van der Waals surface area contributed by atoms with Crippen LogP contribution in [-0.4, -0.2) is 9.97 Å². The van der Waals surface area contributed by atoms with Crippen LogP contribution in [0.3, 0.4) is 0 Å². The number of hydrogen-bond acceptors (Lipinski definition) is 3. The first-order chi connectivity index (χ1) is 8.16. The molecule has 2 aromatic rings. The van der Waals surface area contributed by atoms with Crippen molar-refractivity contribution in [3.8, 4) is 0 Å². The molecule has 0 bridgehead atoms. The van der Waals surface area contributed by atoms with Crippen molar-refractivity contribution >= 4 is 5.69 Å². The summed E-state index contributed by atoms with van der Waals surface area (Å²) < 4.78 is 0. The molecule has 0 aliphatic heterocycles. The van der Waals surface area contributed by atoms with Gasteiger partial charge in [-0.1, -0.05) is 23.8 Å². The normalized spacial score (nSPS) is 12.2. The van der Waals surface area contributed by atoms with Gasteiger partial charge >= 0.3 is 0 Å². The van der Waals surface area contributed by atoms with E-state index in [0.29, 0.717) is 0 Å². The summed E-state index contributed by atoms with van der Waals surface area (Å²) in [5, 5.41) is 3.40. The Labute approximate surface area is 102 Å². The number of anilines is 1. The van der Waals surface area contributed by atoms with E-state index >= 15 is 0 Å². The van der Waals surface area contributed by atoms with E-state index < -0.39 is 0 Å². The molecule has 1 atom stereocenters. The topological polar surface area (TPSA) is 37.8 Å². The predicted molar refractivity (Wildman–Crippen MR) is 70.0 cm³/mol. The molecule has 0 saturated heterocycles. The number of benzene rings is 1. The Balaban J connectivity index is 2.20. The van der Waals surface area contributed by atoms with Gasteiger partial charge in [-0.15, -0.1) is 0 Å². The summed E-state index contributed by atoms with van der Waals surface area (Å²) in [6, 6.07) is 6.76. The van der Waals surface area contributed by atoms with Gasteiger partial charge < -0.3 is 5.32 Å². The van der Waals surface area contributed by atoms with E-state index in [0.717, 1.165) is 5.69 Å². The minimum atomic E-state index is 0.251. The summed E-state index contributed by atoms with van der Waals surface area (Å²) in [4.78, 5) is 8.00. The predicted octanol–water partition coefficient (Wildman–Crippen LogP) is 3.27. The lowest BCUT2D eigenvalue weighted by Crippen LogP contribution is -2.08. The Morgan fingerprint density at radius 3 is 2.53 bits per heavy atom. The number of nitrogens with zero attached hydrogens (tertiary/aromatic N) is 2. The summed E-state index contributed by atoms with van der Waals surface area (Å²) >= 11 is 0. The molecule has 0 saturated carbocycles. The van der Waals surface area contributed by atoms with E-state index in [1.165, 1.54) is 23.0 Å². The van der Waals surface area contributed by atoms with Gasteiger partial charge in [0.05, 0.1) is 18.1 Å². The molecule has 0 radical (unpaired) electrons. The molecule has 0 spiro atoms. The zero-order valence-electron chi connectivity index (χ0n) is 10.4. The lowest BCUT2D eigenvalue weighted by molar-refractivity contribution is 0.867. The maximum atomic E-state index is 4.00. The Bertz CT molecular complexity index is 494. The summed E-state index contributed by atoms with van der Waals surface area (Å²) in [5.74, 6) is 0. The van der Waals surface area contributed by atoms with Crippen molar-refractivity contribution in [2.75, 3.05) is 5.32 Å². The highest BCUT2D eigenvalue weighted by Crippen LogP contribution is 2.22. The molecule has 1 heterocycles. The molecule has 3 heteroatoms. The van der Waals surface area contributed by atoms with Crippen LogP contribution in [0.15, 0.2) is 36.9 Å². The average Bonchev–Trinajstić information content (AvgIpc) is 2.33. The maximum Gasteiger partial charge on any atom is 0.115 e. The fraction of sp³-hybridized carbons (Fsp3) is 0.286. The molecule has 1 aromatic heterocycles. The van der Waals surface area contributed by atoms with Gasteiger partial charge in [-0.05, 0) is 31.9 Å². The van der Waals surface area contributed by atoms with Crippen LogP contribution in [0.5, 0.6) is 0 Å². The molecule has 1 unspecified atom stereocenters. The lowest BCUT2D eigenvalue weighted by Gasteiger charge is -2.17. The zero-order chi connectivity index (χ0) is 12.3. The highest BCUT2D eigenvalue weighted by molar-refractivity contribution is 5.43. The van der Waals surface area contributed by atoms with Crippen LogP contribution in [-0.2, 0) is 0 Å². The Morgan fingerprint density at radius 2 is 1.82 bits per heavy atom.